The molecular formula is C16H20N4O5S. The average Bonchev–Trinajstić information content (AvgIpc) is 3.13. The Kier molecular flexibility index (Phi) is 4.33. The molecule has 1 aliphatic carbocycles. The van der Waals surface area contributed by atoms with Crippen LogP contribution >= 0.6 is 0 Å². The predicted molar refractivity (Wildman–Crippen MR) is 91.1 cm³/mol. The van der Waals surface area contributed by atoms with Crippen molar-refractivity contribution in [1.29, 1.82) is 0 Å². The molecule has 2 aromatic rings. The lowest BCUT2D eigenvalue weighted by molar-refractivity contribution is 0.0303. The average molecular weight is 380 g/mol. The summed E-state index contributed by atoms with van der Waals surface area (Å²) in [7, 11) is -3.64. The first-order valence-electron chi connectivity index (χ1n) is 8.49. The Morgan fingerprint density at radius 2 is 2.08 bits per heavy atom. The van der Waals surface area contributed by atoms with Crippen molar-refractivity contribution in [3.63, 3.8) is 0 Å². The monoisotopic (exact) mass is 380 g/mol. The van der Waals surface area contributed by atoms with Crippen molar-refractivity contribution >= 4 is 15.9 Å². The molecule has 26 heavy (non-hydrogen) atoms. The van der Waals surface area contributed by atoms with Gasteiger partial charge in [0.05, 0.1) is 25.0 Å². The van der Waals surface area contributed by atoms with Gasteiger partial charge in [0.25, 0.3) is 5.91 Å². The van der Waals surface area contributed by atoms with Crippen LogP contribution in [0.4, 0.5) is 0 Å². The molecule has 3 heterocycles. The van der Waals surface area contributed by atoms with Gasteiger partial charge in [-0.1, -0.05) is 0 Å². The third-order valence-electron chi connectivity index (χ3n) is 4.48. The minimum atomic E-state index is -3.64. The van der Waals surface area contributed by atoms with E-state index in [1.54, 1.807) is 11.8 Å². The summed E-state index contributed by atoms with van der Waals surface area (Å²) in [6.45, 7) is 3.59. The quantitative estimate of drug-likeness (QED) is 0.795. The van der Waals surface area contributed by atoms with Crippen LogP contribution in [0.3, 0.4) is 0 Å². The highest BCUT2D eigenvalue weighted by atomic mass is 32.2. The number of nitrogens with zero attached hydrogens (tertiary/aromatic N) is 2. The van der Waals surface area contributed by atoms with Crippen molar-refractivity contribution < 1.29 is 22.4 Å². The van der Waals surface area contributed by atoms with Crippen LogP contribution in [0.5, 0.6) is 0 Å². The number of carbonyl (C=O) groups excluding carboxylic acids is 1. The number of morpholine rings is 1. The Morgan fingerprint density at radius 1 is 1.35 bits per heavy atom. The number of ether oxygens (including phenoxy) is 1. The molecule has 0 spiro atoms. The Bertz CT molecular complexity index is 922. The second kappa shape index (κ2) is 6.53. The molecule has 2 N–H and O–H groups in total. The number of hydrogen-bond donors (Lipinski definition) is 2. The van der Waals surface area contributed by atoms with Crippen LogP contribution in [-0.4, -0.2) is 61.8 Å². The zero-order valence-electron chi connectivity index (χ0n) is 14.3. The number of rotatable bonds is 5. The Hall–Kier alpha value is -2.17. The predicted octanol–water partition coefficient (Wildman–Crippen LogP) is 0.891. The molecule has 4 rings (SSSR count). The summed E-state index contributed by atoms with van der Waals surface area (Å²) >= 11 is 0. The maximum Gasteiger partial charge on any atom is 0.257 e. The number of aryl methyl sites for hydroxylation is 1. The van der Waals surface area contributed by atoms with Gasteiger partial charge in [-0.05, 0) is 19.8 Å². The second-order valence-electron chi connectivity index (χ2n) is 6.49. The summed E-state index contributed by atoms with van der Waals surface area (Å²) < 4.78 is 38.5. The second-order valence-corrected chi connectivity index (χ2v) is 8.17. The minimum absolute atomic E-state index is 0.00311. The molecule has 1 saturated heterocycles. The Labute approximate surface area is 150 Å². The summed E-state index contributed by atoms with van der Waals surface area (Å²) in [4.78, 5) is 14.5. The number of aromatic amines is 1. The number of aromatic nitrogens is 2. The molecule has 10 heteroatoms. The smallest absolute Gasteiger partial charge is 0.257 e. The molecule has 9 nitrogen and oxygen atoms in total. The number of furan rings is 1. The van der Waals surface area contributed by atoms with Crippen molar-refractivity contribution in [2.75, 3.05) is 26.3 Å². The van der Waals surface area contributed by atoms with Gasteiger partial charge in [-0.3, -0.25) is 9.89 Å². The molecule has 140 valence electrons. The lowest BCUT2D eigenvalue weighted by Crippen LogP contribution is -2.40. The fraction of sp³-hybridized carbons (Fsp3) is 0.500. The fourth-order valence-electron chi connectivity index (χ4n) is 2.91. The third kappa shape index (κ3) is 3.27. The first-order chi connectivity index (χ1) is 12.5. The SMILES string of the molecule is Cc1oc(-c2[nH]ncc2C(=O)N2CCOCC2)cc1S(=O)(=O)NC1CC1. The maximum absolute atomic E-state index is 12.7. The largest absolute Gasteiger partial charge is 0.458 e. The van der Waals surface area contributed by atoms with E-state index in [2.05, 4.69) is 14.9 Å². The highest BCUT2D eigenvalue weighted by molar-refractivity contribution is 7.89. The van der Waals surface area contributed by atoms with Crippen molar-refractivity contribution in [3.8, 4) is 11.5 Å². The number of H-pyrrole nitrogens is 1. The van der Waals surface area contributed by atoms with Crippen LogP contribution in [0.25, 0.3) is 11.5 Å². The van der Waals surface area contributed by atoms with Gasteiger partial charge in [0.1, 0.15) is 16.3 Å². The van der Waals surface area contributed by atoms with Crippen LogP contribution < -0.4 is 4.72 Å². The van der Waals surface area contributed by atoms with Crippen molar-refractivity contribution in [3.05, 3.63) is 23.6 Å². The van der Waals surface area contributed by atoms with E-state index in [0.717, 1.165) is 12.8 Å². The third-order valence-corrected chi connectivity index (χ3v) is 6.10. The molecule has 1 amide bonds. The van der Waals surface area contributed by atoms with Gasteiger partial charge in [-0.2, -0.15) is 5.10 Å². The van der Waals surface area contributed by atoms with Crippen LogP contribution in [0.1, 0.15) is 29.0 Å². The van der Waals surface area contributed by atoms with Crippen LogP contribution in [0.15, 0.2) is 21.6 Å². The summed E-state index contributed by atoms with van der Waals surface area (Å²) in [6.07, 6.45) is 3.13. The molecule has 2 aliphatic rings. The lowest BCUT2D eigenvalue weighted by Gasteiger charge is -2.26. The fourth-order valence-corrected chi connectivity index (χ4v) is 4.40. The van der Waals surface area contributed by atoms with E-state index >= 15 is 0 Å². The Balaban J connectivity index is 1.64. The van der Waals surface area contributed by atoms with E-state index in [1.165, 1.54) is 12.3 Å². The van der Waals surface area contributed by atoms with E-state index in [-0.39, 0.29) is 28.4 Å². The lowest BCUT2D eigenvalue weighted by atomic mass is 10.2. The van der Waals surface area contributed by atoms with E-state index < -0.39 is 10.0 Å². The normalized spacial score (nSPS) is 18.3. The van der Waals surface area contributed by atoms with Crippen molar-refractivity contribution in [2.45, 2.75) is 30.7 Å². The van der Waals surface area contributed by atoms with Gasteiger partial charge in [0.2, 0.25) is 10.0 Å². The first kappa shape index (κ1) is 17.3. The Morgan fingerprint density at radius 3 is 2.77 bits per heavy atom. The summed E-state index contributed by atoms with van der Waals surface area (Å²) in [5, 5.41) is 6.69. The molecule has 0 bridgehead atoms. The summed E-state index contributed by atoms with van der Waals surface area (Å²) in [6, 6.07) is 1.44. The molecular weight excluding hydrogens is 360 g/mol. The van der Waals surface area contributed by atoms with Crippen molar-refractivity contribution in [1.82, 2.24) is 19.8 Å². The minimum Gasteiger partial charge on any atom is -0.458 e. The number of amides is 1. The zero-order valence-corrected chi connectivity index (χ0v) is 15.1. The van der Waals surface area contributed by atoms with Crippen molar-refractivity contribution in [2.24, 2.45) is 0 Å². The topological polar surface area (TPSA) is 118 Å². The van der Waals surface area contributed by atoms with Gasteiger partial charge in [0, 0.05) is 25.2 Å². The summed E-state index contributed by atoms with van der Waals surface area (Å²) in [5.41, 5.74) is 0.720. The molecule has 0 atom stereocenters. The molecule has 2 aromatic heterocycles. The number of nitrogens with one attached hydrogen (secondary N) is 2. The molecule has 1 aliphatic heterocycles. The van der Waals surface area contributed by atoms with Gasteiger partial charge in [0.15, 0.2) is 5.76 Å². The van der Waals surface area contributed by atoms with Crippen LogP contribution in [0, 0.1) is 6.92 Å². The standard InChI is InChI=1S/C16H20N4O5S/c1-10-14(26(22,23)19-11-2-3-11)8-13(25-10)15-12(9-17-18-15)16(21)20-4-6-24-7-5-20/h8-9,11,19H,2-7H2,1H3,(H,17,18). The number of carbonyl (C=O) groups is 1. The number of sulfonamides is 1. The summed E-state index contributed by atoms with van der Waals surface area (Å²) in [5.74, 6) is 0.354. The van der Waals surface area contributed by atoms with Gasteiger partial charge in [-0.15, -0.1) is 0 Å². The molecule has 0 aromatic carbocycles. The van der Waals surface area contributed by atoms with E-state index in [4.69, 9.17) is 9.15 Å². The van der Waals surface area contributed by atoms with E-state index in [0.29, 0.717) is 37.6 Å². The van der Waals surface area contributed by atoms with Gasteiger partial charge < -0.3 is 14.1 Å². The molecule has 0 radical (unpaired) electrons. The van der Waals surface area contributed by atoms with Gasteiger partial charge in [-0.25, -0.2) is 13.1 Å². The van der Waals surface area contributed by atoms with E-state index in [9.17, 15) is 13.2 Å². The van der Waals surface area contributed by atoms with Crippen LogP contribution in [-0.2, 0) is 14.8 Å². The van der Waals surface area contributed by atoms with Gasteiger partial charge >= 0.3 is 0 Å². The van der Waals surface area contributed by atoms with Crippen LogP contribution in [0.2, 0.25) is 0 Å². The first-order valence-corrected chi connectivity index (χ1v) is 9.97. The van der Waals surface area contributed by atoms with E-state index in [1.807, 2.05) is 0 Å². The highest BCUT2D eigenvalue weighted by Gasteiger charge is 2.31. The zero-order chi connectivity index (χ0) is 18.3. The molecule has 2 fully saturated rings. The molecule has 1 saturated carbocycles. The highest BCUT2D eigenvalue weighted by Crippen LogP contribution is 2.31. The maximum atomic E-state index is 12.7. The molecule has 0 unspecified atom stereocenters. The number of hydrogen-bond acceptors (Lipinski definition) is 6.